The van der Waals surface area contributed by atoms with Crippen LogP contribution < -0.4 is 10.2 Å². The molecule has 3 N–H and O–H groups in total. The van der Waals surface area contributed by atoms with Crippen molar-refractivity contribution < 1.29 is 9.90 Å². The highest BCUT2D eigenvalue weighted by atomic mass is 16.3. The number of rotatable bonds is 4. The van der Waals surface area contributed by atoms with Crippen molar-refractivity contribution in [3.63, 3.8) is 0 Å². The van der Waals surface area contributed by atoms with Crippen LogP contribution in [0.25, 0.3) is 5.52 Å². The molecule has 0 unspecified atom stereocenters. The number of hydrogen-bond acceptors (Lipinski definition) is 6. The number of hydrogen-bond donors (Lipinski definition) is 3. The molecule has 3 aromatic rings. The predicted octanol–water partition coefficient (Wildman–Crippen LogP) is 2.80. The molecule has 0 bridgehead atoms. The summed E-state index contributed by atoms with van der Waals surface area (Å²) < 4.78 is 1.89. The Balaban J connectivity index is 0.000000443. The topological polar surface area (TPSA) is 111 Å². The van der Waals surface area contributed by atoms with Crippen molar-refractivity contribution in [3.05, 3.63) is 30.1 Å². The van der Waals surface area contributed by atoms with E-state index in [1.54, 1.807) is 0 Å². The van der Waals surface area contributed by atoms with Gasteiger partial charge in [0.2, 0.25) is 5.95 Å². The summed E-state index contributed by atoms with van der Waals surface area (Å²) in [5.74, 6) is 2.40. The van der Waals surface area contributed by atoms with E-state index in [1.165, 1.54) is 31.4 Å². The van der Waals surface area contributed by atoms with Gasteiger partial charge in [-0.3, -0.25) is 9.89 Å². The highest BCUT2D eigenvalue weighted by molar-refractivity contribution is 5.73. The molecule has 1 aliphatic heterocycles. The molecule has 1 saturated heterocycles. The fourth-order valence-corrected chi connectivity index (χ4v) is 3.34. The molecule has 5 rings (SSSR count). The van der Waals surface area contributed by atoms with Crippen molar-refractivity contribution in [1.29, 1.82) is 0 Å². The Labute approximate surface area is 169 Å². The van der Waals surface area contributed by atoms with Gasteiger partial charge in [-0.05, 0) is 37.8 Å². The molecule has 0 atom stereocenters. The van der Waals surface area contributed by atoms with E-state index in [1.807, 2.05) is 22.8 Å². The largest absolute Gasteiger partial charge is 0.483 e. The smallest absolute Gasteiger partial charge is 0.290 e. The Morgan fingerprint density at radius 2 is 2.00 bits per heavy atom. The van der Waals surface area contributed by atoms with Crippen LogP contribution in [0.4, 0.5) is 17.6 Å². The van der Waals surface area contributed by atoms with Gasteiger partial charge in [0.15, 0.2) is 11.6 Å². The second-order valence-corrected chi connectivity index (χ2v) is 7.25. The third kappa shape index (κ3) is 4.32. The summed E-state index contributed by atoms with van der Waals surface area (Å²) in [6, 6.07) is 6.11. The number of aromatic amines is 1. The molecule has 152 valence electrons. The van der Waals surface area contributed by atoms with Crippen molar-refractivity contribution in [2.24, 2.45) is 0 Å². The highest BCUT2D eigenvalue weighted by Gasteiger charge is 2.40. The molecule has 2 aliphatic rings. The third-order valence-electron chi connectivity index (χ3n) is 5.24. The lowest BCUT2D eigenvalue weighted by molar-refractivity contribution is -0.122. The minimum Gasteiger partial charge on any atom is -0.483 e. The monoisotopic (exact) mass is 395 g/mol. The van der Waals surface area contributed by atoms with E-state index in [-0.39, 0.29) is 11.9 Å². The van der Waals surface area contributed by atoms with Crippen LogP contribution in [0.15, 0.2) is 24.4 Å². The number of carbonyl (C=O) groups is 1. The fraction of sp³-hybridized carbons (Fsp3) is 0.400. The van der Waals surface area contributed by atoms with Crippen molar-refractivity contribution in [1.82, 2.24) is 24.8 Å². The number of fused-ring (bicyclic) bond motifs is 1. The first-order valence-corrected chi connectivity index (χ1v) is 9.47. The van der Waals surface area contributed by atoms with Gasteiger partial charge in [-0.2, -0.15) is 10.1 Å². The Morgan fingerprint density at radius 3 is 2.66 bits per heavy atom. The van der Waals surface area contributed by atoms with Crippen molar-refractivity contribution in [3.8, 4) is 12.8 Å². The molecule has 0 aromatic carbocycles. The lowest BCUT2D eigenvalue weighted by atomic mass is 10.1. The molecular formula is C20H25N7O2. The van der Waals surface area contributed by atoms with Crippen LogP contribution in [0.2, 0.25) is 0 Å². The minimum absolute atomic E-state index is 0.250. The third-order valence-corrected chi connectivity index (χ3v) is 5.24. The summed E-state index contributed by atoms with van der Waals surface area (Å²) in [7, 11) is 0. The Morgan fingerprint density at radius 1 is 1.31 bits per heavy atom. The molecule has 0 spiro atoms. The zero-order chi connectivity index (χ0) is 20.9. The van der Waals surface area contributed by atoms with Crippen molar-refractivity contribution in [2.75, 3.05) is 23.3 Å². The average Bonchev–Trinajstić information content (AvgIpc) is 3.23. The van der Waals surface area contributed by atoms with Gasteiger partial charge in [0.05, 0.1) is 0 Å². The zero-order valence-corrected chi connectivity index (χ0v) is 16.4. The van der Waals surface area contributed by atoms with E-state index in [9.17, 15) is 0 Å². The molecule has 9 heteroatoms. The number of nitrogens with one attached hydrogen (secondary N) is 2. The molecule has 3 aromatic heterocycles. The summed E-state index contributed by atoms with van der Waals surface area (Å²) in [6.45, 7) is 4.07. The van der Waals surface area contributed by atoms with Gasteiger partial charge in [0.25, 0.3) is 6.47 Å². The first-order valence-electron chi connectivity index (χ1n) is 9.47. The molecule has 4 heterocycles. The van der Waals surface area contributed by atoms with Gasteiger partial charge < -0.3 is 15.3 Å². The van der Waals surface area contributed by atoms with E-state index in [0.717, 1.165) is 36.2 Å². The maximum absolute atomic E-state index is 8.36. The summed E-state index contributed by atoms with van der Waals surface area (Å²) in [5, 5.41) is 22.5. The lowest BCUT2D eigenvalue weighted by Gasteiger charge is -2.16. The van der Waals surface area contributed by atoms with Gasteiger partial charge >= 0.3 is 0 Å². The van der Waals surface area contributed by atoms with Crippen LogP contribution in [-0.2, 0) is 10.2 Å². The SMILES string of the molecule is C#C.CC1(c2cc(Nc3nc(N4CCCC4)nn4cccc34)n[nH]2)CC1.O=CO. The second-order valence-electron chi connectivity index (χ2n) is 7.25. The fourth-order valence-electron chi connectivity index (χ4n) is 3.34. The normalized spacial score (nSPS) is 16.3. The van der Waals surface area contributed by atoms with Gasteiger partial charge in [0, 0.05) is 36.5 Å². The summed E-state index contributed by atoms with van der Waals surface area (Å²) in [5.41, 5.74) is 2.44. The molecule has 1 aliphatic carbocycles. The number of terminal acetylenes is 1. The molecular weight excluding hydrogens is 370 g/mol. The van der Waals surface area contributed by atoms with Gasteiger partial charge in [-0.25, -0.2) is 4.52 Å². The van der Waals surface area contributed by atoms with E-state index in [4.69, 9.17) is 14.9 Å². The zero-order valence-electron chi connectivity index (χ0n) is 16.4. The van der Waals surface area contributed by atoms with E-state index in [0.29, 0.717) is 0 Å². The van der Waals surface area contributed by atoms with E-state index in [2.05, 4.69) is 51.3 Å². The Bertz CT molecular complexity index is 981. The standard InChI is InChI=1S/C17H21N7.C2H2.CH2O2/c1-17(6-7-17)13-11-14(21-20-13)18-15-12-5-4-10-24(12)22-16(19-15)23-8-2-3-9-23;1-2;2-1-3/h4-5,10-11H,2-3,6-9H2,1H3,(H2,18,19,20,21,22);1-2H;1H,(H,2,3). The second kappa shape index (κ2) is 8.65. The number of aromatic nitrogens is 5. The number of H-pyrrole nitrogens is 1. The van der Waals surface area contributed by atoms with E-state index >= 15 is 0 Å². The maximum atomic E-state index is 8.36. The molecule has 0 radical (unpaired) electrons. The quantitative estimate of drug-likeness (QED) is 0.460. The predicted molar refractivity (Wildman–Crippen MR) is 111 cm³/mol. The van der Waals surface area contributed by atoms with Gasteiger partial charge in [0.1, 0.15) is 5.52 Å². The lowest BCUT2D eigenvalue weighted by Crippen LogP contribution is -2.22. The van der Waals surface area contributed by atoms with Crippen LogP contribution in [0.5, 0.6) is 0 Å². The first kappa shape index (κ1) is 20.2. The summed E-state index contributed by atoms with van der Waals surface area (Å²) >= 11 is 0. The van der Waals surface area contributed by atoms with Crippen LogP contribution >= 0.6 is 0 Å². The minimum atomic E-state index is -0.250. The molecule has 9 nitrogen and oxygen atoms in total. The number of carboxylic acid groups (broad SMARTS) is 1. The molecule has 1 saturated carbocycles. The van der Waals surface area contributed by atoms with Crippen LogP contribution in [0.1, 0.15) is 38.3 Å². The van der Waals surface area contributed by atoms with Gasteiger partial charge in [-0.15, -0.1) is 17.9 Å². The van der Waals surface area contributed by atoms with Crippen molar-refractivity contribution >= 4 is 29.6 Å². The maximum Gasteiger partial charge on any atom is 0.290 e. The number of nitrogens with zero attached hydrogens (tertiary/aromatic N) is 5. The molecule has 29 heavy (non-hydrogen) atoms. The number of anilines is 3. The van der Waals surface area contributed by atoms with Crippen LogP contribution in [-0.4, -0.2) is 49.5 Å². The Kier molecular flexibility index (Phi) is 6.02. The molecule has 0 amide bonds. The average molecular weight is 395 g/mol. The molecule has 2 fully saturated rings. The summed E-state index contributed by atoms with van der Waals surface area (Å²) in [4.78, 5) is 15.4. The van der Waals surface area contributed by atoms with Gasteiger partial charge in [-0.1, -0.05) is 6.92 Å². The summed E-state index contributed by atoms with van der Waals surface area (Å²) in [6.07, 6.45) is 14.8. The van der Waals surface area contributed by atoms with Crippen molar-refractivity contribution in [2.45, 2.75) is 38.0 Å². The highest BCUT2D eigenvalue weighted by Crippen LogP contribution is 2.47. The Hall–Kier alpha value is -3.54. The van der Waals surface area contributed by atoms with Crippen LogP contribution in [0.3, 0.4) is 0 Å². The van der Waals surface area contributed by atoms with Crippen LogP contribution in [0, 0.1) is 12.8 Å². The van der Waals surface area contributed by atoms with E-state index < -0.39 is 0 Å². The first-order chi connectivity index (χ1) is 14.1.